The molecule has 22 heavy (non-hydrogen) atoms. The summed E-state index contributed by atoms with van der Waals surface area (Å²) in [7, 11) is -3.53. The van der Waals surface area contributed by atoms with Crippen LogP contribution in [0.2, 0.25) is 5.02 Å². The Morgan fingerprint density at radius 1 is 1.41 bits per heavy atom. The Bertz CT molecular complexity index is 606. The third-order valence-electron chi connectivity index (χ3n) is 3.36. The lowest BCUT2D eigenvalue weighted by Crippen LogP contribution is -2.46. The molecule has 5 nitrogen and oxygen atoms in total. The Balaban J connectivity index is 1.90. The van der Waals surface area contributed by atoms with Crippen LogP contribution in [0.15, 0.2) is 18.2 Å². The lowest BCUT2D eigenvalue weighted by molar-refractivity contribution is 0.0354. The zero-order chi connectivity index (χ0) is 16.2. The van der Waals surface area contributed by atoms with E-state index in [2.05, 4.69) is 9.62 Å². The molecule has 1 aliphatic heterocycles. The number of sulfonamides is 1. The standard InChI is InChI=1S/C14H20ClFN2O3S/c1-11(9-18-4-6-21-7-5-18)17-22(19,20)10-12-2-3-13(15)14(16)8-12/h2-3,8,11,17H,4-7,9-10H2,1H3. The zero-order valence-corrected chi connectivity index (χ0v) is 14.0. The summed E-state index contributed by atoms with van der Waals surface area (Å²) in [6.45, 7) is 5.38. The molecule has 1 N–H and O–H groups in total. The molecule has 2 rings (SSSR count). The minimum atomic E-state index is -3.53. The fraction of sp³-hybridized carbons (Fsp3) is 0.571. The lowest BCUT2D eigenvalue weighted by Gasteiger charge is -2.29. The number of nitrogens with one attached hydrogen (secondary N) is 1. The number of benzene rings is 1. The normalized spacial score (nSPS) is 18.3. The molecule has 1 aromatic rings. The molecule has 0 saturated carbocycles. The molecule has 0 bridgehead atoms. The first-order valence-electron chi connectivity index (χ1n) is 7.10. The highest BCUT2D eigenvalue weighted by molar-refractivity contribution is 7.88. The second kappa shape index (κ2) is 7.70. The number of hydrogen-bond acceptors (Lipinski definition) is 4. The summed E-state index contributed by atoms with van der Waals surface area (Å²) in [4.78, 5) is 2.15. The first-order chi connectivity index (χ1) is 10.4. The van der Waals surface area contributed by atoms with E-state index in [1.165, 1.54) is 12.1 Å². The average molecular weight is 351 g/mol. The Morgan fingerprint density at radius 3 is 2.73 bits per heavy atom. The molecule has 0 amide bonds. The molecule has 1 fully saturated rings. The predicted molar refractivity (Wildman–Crippen MR) is 83.9 cm³/mol. The van der Waals surface area contributed by atoms with E-state index in [4.69, 9.17) is 16.3 Å². The monoisotopic (exact) mass is 350 g/mol. The van der Waals surface area contributed by atoms with Gasteiger partial charge < -0.3 is 4.74 Å². The molecule has 1 unspecified atom stereocenters. The average Bonchev–Trinajstić information content (AvgIpc) is 2.43. The van der Waals surface area contributed by atoms with Crippen molar-refractivity contribution in [3.8, 4) is 0 Å². The third kappa shape index (κ3) is 5.48. The van der Waals surface area contributed by atoms with Gasteiger partial charge in [0.15, 0.2) is 0 Å². The van der Waals surface area contributed by atoms with Crippen molar-refractivity contribution in [2.75, 3.05) is 32.8 Å². The van der Waals surface area contributed by atoms with E-state index >= 15 is 0 Å². The maximum absolute atomic E-state index is 13.4. The third-order valence-corrected chi connectivity index (χ3v) is 5.14. The minimum absolute atomic E-state index is 0.0187. The van der Waals surface area contributed by atoms with Gasteiger partial charge in [0.25, 0.3) is 0 Å². The minimum Gasteiger partial charge on any atom is -0.379 e. The Morgan fingerprint density at radius 2 is 2.09 bits per heavy atom. The van der Waals surface area contributed by atoms with Crippen LogP contribution in [0.3, 0.4) is 0 Å². The van der Waals surface area contributed by atoms with Crippen LogP contribution < -0.4 is 4.72 Å². The Hall–Kier alpha value is -0.730. The highest BCUT2D eigenvalue weighted by Crippen LogP contribution is 2.17. The van der Waals surface area contributed by atoms with Crippen LogP contribution in [0.4, 0.5) is 4.39 Å². The van der Waals surface area contributed by atoms with Crippen molar-refractivity contribution in [1.82, 2.24) is 9.62 Å². The van der Waals surface area contributed by atoms with E-state index in [9.17, 15) is 12.8 Å². The van der Waals surface area contributed by atoms with Crippen molar-refractivity contribution < 1.29 is 17.5 Å². The number of morpholine rings is 1. The molecular weight excluding hydrogens is 331 g/mol. The maximum atomic E-state index is 13.4. The fourth-order valence-corrected chi connectivity index (χ4v) is 3.91. The van der Waals surface area contributed by atoms with Crippen LogP contribution in [0.25, 0.3) is 0 Å². The van der Waals surface area contributed by atoms with Crippen molar-refractivity contribution in [3.63, 3.8) is 0 Å². The van der Waals surface area contributed by atoms with Crippen LogP contribution in [-0.4, -0.2) is 52.2 Å². The molecule has 0 spiro atoms. The highest BCUT2D eigenvalue weighted by Gasteiger charge is 2.19. The topological polar surface area (TPSA) is 58.6 Å². The van der Waals surface area contributed by atoms with Crippen molar-refractivity contribution in [2.24, 2.45) is 0 Å². The van der Waals surface area contributed by atoms with E-state index in [-0.39, 0.29) is 16.8 Å². The molecule has 0 aliphatic carbocycles. The molecule has 124 valence electrons. The van der Waals surface area contributed by atoms with E-state index in [0.717, 1.165) is 19.2 Å². The van der Waals surface area contributed by atoms with E-state index in [1.807, 2.05) is 6.92 Å². The summed E-state index contributed by atoms with van der Waals surface area (Å²) in [6.07, 6.45) is 0. The van der Waals surface area contributed by atoms with Gasteiger partial charge in [-0.05, 0) is 24.6 Å². The number of ether oxygens (including phenoxy) is 1. The quantitative estimate of drug-likeness (QED) is 0.847. The van der Waals surface area contributed by atoms with Gasteiger partial charge in [0.1, 0.15) is 5.82 Å². The largest absolute Gasteiger partial charge is 0.379 e. The van der Waals surface area contributed by atoms with Crippen molar-refractivity contribution in [3.05, 3.63) is 34.6 Å². The number of nitrogens with zero attached hydrogens (tertiary/aromatic N) is 1. The number of halogens is 2. The van der Waals surface area contributed by atoms with Gasteiger partial charge in [0.2, 0.25) is 10.0 Å². The van der Waals surface area contributed by atoms with Gasteiger partial charge in [-0.2, -0.15) is 0 Å². The second-order valence-corrected chi connectivity index (χ2v) is 7.60. The summed E-state index contributed by atoms with van der Waals surface area (Å²) in [5.41, 5.74) is 0.368. The molecule has 8 heteroatoms. The van der Waals surface area contributed by atoms with Gasteiger partial charge in [-0.3, -0.25) is 4.90 Å². The first kappa shape index (κ1) is 17.6. The molecule has 1 atom stereocenters. The molecule has 0 radical (unpaired) electrons. The van der Waals surface area contributed by atoms with E-state index in [0.29, 0.717) is 25.3 Å². The first-order valence-corrected chi connectivity index (χ1v) is 9.13. The van der Waals surface area contributed by atoms with Crippen LogP contribution in [0.5, 0.6) is 0 Å². The van der Waals surface area contributed by atoms with Crippen molar-refractivity contribution >= 4 is 21.6 Å². The van der Waals surface area contributed by atoms with Crippen LogP contribution in [-0.2, 0) is 20.5 Å². The van der Waals surface area contributed by atoms with Gasteiger partial charge in [-0.25, -0.2) is 17.5 Å². The number of hydrogen-bond donors (Lipinski definition) is 1. The van der Waals surface area contributed by atoms with Crippen LogP contribution >= 0.6 is 11.6 Å². The molecular formula is C14H20ClFN2O3S. The fourth-order valence-electron chi connectivity index (χ4n) is 2.41. The highest BCUT2D eigenvalue weighted by atomic mass is 35.5. The lowest BCUT2D eigenvalue weighted by atomic mass is 10.2. The van der Waals surface area contributed by atoms with Gasteiger partial charge in [-0.1, -0.05) is 17.7 Å². The Kier molecular flexibility index (Phi) is 6.17. The summed E-state index contributed by atoms with van der Waals surface area (Å²) in [5.74, 6) is -0.884. The summed E-state index contributed by atoms with van der Waals surface area (Å²) in [6, 6.07) is 3.80. The Labute approximate surface area is 135 Å². The summed E-state index contributed by atoms with van der Waals surface area (Å²) < 4.78 is 45.5. The number of rotatable bonds is 6. The van der Waals surface area contributed by atoms with E-state index < -0.39 is 15.8 Å². The molecule has 1 saturated heterocycles. The van der Waals surface area contributed by atoms with E-state index in [1.54, 1.807) is 0 Å². The van der Waals surface area contributed by atoms with Gasteiger partial charge in [-0.15, -0.1) is 0 Å². The zero-order valence-electron chi connectivity index (χ0n) is 12.4. The predicted octanol–water partition coefficient (Wildman–Crippen LogP) is 1.62. The molecule has 1 aliphatic rings. The van der Waals surface area contributed by atoms with Gasteiger partial charge >= 0.3 is 0 Å². The van der Waals surface area contributed by atoms with Gasteiger partial charge in [0.05, 0.1) is 24.0 Å². The molecule has 1 aromatic carbocycles. The smallest absolute Gasteiger partial charge is 0.216 e. The SMILES string of the molecule is CC(CN1CCOCC1)NS(=O)(=O)Cc1ccc(Cl)c(F)c1. The van der Waals surface area contributed by atoms with Crippen molar-refractivity contribution in [2.45, 2.75) is 18.7 Å². The summed E-state index contributed by atoms with van der Waals surface area (Å²) >= 11 is 5.59. The molecule has 0 aromatic heterocycles. The second-order valence-electron chi connectivity index (χ2n) is 5.44. The molecule has 1 heterocycles. The van der Waals surface area contributed by atoms with Crippen molar-refractivity contribution in [1.29, 1.82) is 0 Å². The maximum Gasteiger partial charge on any atom is 0.216 e. The van der Waals surface area contributed by atoms with Gasteiger partial charge in [0, 0.05) is 25.7 Å². The van der Waals surface area contributed by atoms with Crippen LogP contribution in [0, 0.1) is 5.82 Å². The summed E-state index contributed by atoms with van der Waals surface area (Å²) in [5, 5.41) is -0.0187. The van der Waals surface area contributed by atoms with Crippen LogP contribution in [0.1, 0.15) is 12.5 Å².